The molecule has 0 aliphatic rings. The van der Waals surface area contributed by atoms with E-state index in [9.17, 15) is 0 Å². The van der Waals surface area contributed by atoms with Crippen molar-refractivity contribution >= 4 is 11.6 Å². The zero-order chi connectivity index (χ0) is 13.3. The van der Waals surface area contributed by atoms with Crippen molar-refractivity contribution in [1.82, 2.24) is 9.97 Å². The second kappa shape index (κ2) is 4.51. The van der Waals surface area contributed by atoms with Crippen molar-refractivity contribution in [2.24, 2.45) is 0 Å². The summed E-state index contributed by atoms with van der Waals surface area (Å²) in [5.74, 6) is 2.08. The van der Waals surface area contributed by atoms with E-state index in [1.165, 1.54) is 0 Å². The average molecular weight is 236 g/mol. The number of rotatable bonds is 3. The minimum atomic E-state index is -0.0951. The first-order valence-corrected chi connectivity index (χ1v) is 6.07. The molecule has 0 saturated carbocycles. The van der Waals surface area contributed by atoms with Gasteiger partial charge in [-0.1, -0.05) is 27.7 Å². The molecule has 4 heteroatoms. The molecule has 0 saturated heterocycles. The van der Waals surface area contributed by atoms with Crippen LogP contribution in [0.15, 0.2) is 6.07 Å². The maximum atomic E-state index is 5.83. The molecular formula is C13H24N4. The van der Waals surface area contributed by atoms with Crippen LogP contribution < -0.4 is 11.1 Å². The summed E-state index contributed by atoms with van der Waals surface area (Å²) < 4.78 is 0. The van der Waals surface area contributed by atoms with Crippen LogP contribution in [0.1, 0.15) is 53.8 Å². The molecule has 1 heterocycles. The van der Waals surface area contributed by atoms with Gasteiger partial charge < -0.3 is 11.1 Å². The van der Waals surface area contributed by atoms with Gasteiger partial charge in [0.15, 0.2) is 0 Å². The molecule has 0 amide bonds. The van der Waals surface area contributed by atoms with E-state index in [0.717, 1.165) is 18.1 Å². The Morgan fingerprint density at radius 3 is 2.24 bits per heavy atom. The van der Waals surface area contributed by atoms with Crippen molar-refractivity contribution in [3.63, 3.8) is 0 Å². The van der Waals surface area contributed by atoms with Gasteiger partial charge in [-0.05, 0) is 20.3 Å². The molecule has 0 atom stereocenters. The van der Waals surface area contributed by atoms with Crippen LogP contribution in [0, 0.1) is 0 Å². The van der Waals surface area contributed by atoms with Crippen molar-refractivity contribution in [1.29, 1.82) is 0 Å². The van der Waals surface area contributed by atoms with Crippen molar-refractivity contribution in [2.75, 3.05) is 11.1 Å². The Balaban J connectivity index is 3.06. The summed E-state index contributed by atoms with van der Waals surface area (Å²) >= 11 is 0. The second-order valence-electron chi connectivity index (χ2n) is 6.11. The molecule has 0 spiro atoms. The van der Waals surface area contributed by atoms with Crippen LogP contribution in [-0.2, 0) is 5.41 Å². The topological polar surface area (TPSA) is 63.8 Å². The summed E-state index contributed by atoms with van der Waals surface area (Å²) in [5.41, 5.74) is 5.74. The fourth-order valence-corrected chi connectivity index (χ4v) is 1.30. The molecule has 0 aliphatic heterocycles. The van der Waals surface area contributed by atoms with E-state index in [4.69, 9.17) is 5.73 Å². The largest absolute Gasteiger partial charge is 0.384 e. The molecule has 0 unspecified atom stereocenters. The number of nitrogens with zero attached hydrogens (tertiary/aromatic N) is 2. The fraction of sp³-hybridized carbons (Fsp3) is 0.692. The number of anilines is 2. The standard InChI is InChI=1S/C13H24N4/c1-7-13(5,6)17-10-8-9(14)15-11(16-10)12(2,3)4/h8H,7H2,1-6H3,(H3,14,15,16,17). The second-order valence-corrected chi connectivity index (χ2v) is 6.11. The third-order valence-electron chi connectivity index (χ3n) is 2.77. The molecule has 17 heavy (non-hydrogen) atoms. The van der Waals surface area contributed by atoms with E-state index < -0.39 is 0 Å². The third-order valence-corrected chi connectivity index (χ3v) is 2.77. The first-order valence-electron chi connectivity index (χ1n) is 6.07. The maximum Gasteiger partial charge on any atom is 0.138 e. The van der Waals surface area contributed by atoms with Crippen molar-refractivity contribution in [3.8, 4) is 0 Å². The highest BCUT2D eigenvalue weighted by Crippen LogP contribution is 2.23. The molecule has 0 fully saturated rings. The van der Waals surface area contributed by atoms with Crippen LogP contribution in [0.25, 0.3) is 0 Å². The summed E-state index contributed by atoms with van der Waals surface area (Å²) in [6.07, 6.45) is 1.02. The monoisotopic (exact) mass is 236 g/mol. The van der Waals surface area contributed by atoms with Crippen LogP contribution in [-0.4, -0.2) is 15.5 Å². The smallest absolute Gasteiger partial charge is 0.138 e. The van der Waals surface area contributed by atoms with E-state index in [-0.39, 0.29) is 11.0 Å². The van der Waals surface area contributed by atoms with Gasteiger partial charge in [-0.25, -0.2) is 9.97 Å². The lowest BCUT2D eigenvalue weighted by molar-refractivity contribution is 0.531. The van der Waals surface area contributed by atoms with Gasteiger partial charge in [-0.2, -0.15) is 0 Å². The molecule has 1 rings (SSSR count). The molecule has 1 aromatic rings. The Labute approximate surface area is 104 Å². The van der Waals surface area contributed by atoms with E-state index in [0.29, 0.717) is 5.82 Å². The molecule has 0 aromatic carbocycles. The summed E-state index contributed by atoms with van der Waals surface area (Å²) in [7, 11) is 0. The van der Waals surface area contributed by atoms with Gasteiger partial charge in [0.2, 0.25) is 0 Å². The maximum absolute atomic E-state index is 5.83. The van der Waals surface area contributed by atoms with Gasteiger partial charge in [0.05, 0.1) is 0 Å². The Kier molecular flexibility index (Phi) is 3.65. The normalized spacial score (nSPS) is 12.6. The minimum Gasteiger partial charge on any atom is -0.384 e. The lowest BCUT2D eigenvalue weighted by atomic mass is 9.95. The number of hydrogen-bond acceptors (Lipinski definition) is 4. The Hall–Kier alpha value is -1.32. The summed E-state index contributed by atoms with van der Waals surface area (Å²) in [5, 5.41) is 3.39. The molecule has 1 aromatic heterocycles. The minimum absolute atomic E-state index is 0.00987. The molecule has 3 N–H and O–H groups in total. The van der Waals surface area contributed by atoms with Crippen LogP contribution in [0.3, 0.4) is 0 Å². The highest BCUT2D eigenvalue weighted by Gasteiger charge is 2.21. The van der Waals surface area contributed by atoms with Crippen molar-refractivity contribution in [2.45, 2.75) is 58.9 Å². The van der Waals surface area contributed by atoms with Gasteiger partial charge in [-0.15, -0.1) is 0 Å². The SMILES string of the molecule is CCC(C)(C)Nc1cc(N)nc(C(C)(C)C)n1. The number of aromatic nitrogens is 2. The molecular weight excluding hydrogens is 212 g/mol. The number of nitrogens with one attached hydrogen (secondary N) is 1. The summed E-state index contributed by atoms with van der Waals surface area (Å²) in [6.45, 7) is 12.7. The predicted octanol–water partition coefficient (Wildman–Crippen LogP) is 2.96. The average Bonchev–Trinajstić information content (AvgIpc) is 2.14. The quantitative estimate of drug-likeness (QED) is 0.847. The lowest BCUT2D eigenvalue weighted by Crippen LogP contribution is -2.31. The molecule has 0 bridgehead atoms. The number of nitrogens with two attached hydrogens (primary N) is 1. The zero-order valence-electron chi connectivity index (χ0n) is 11.8. The Bertz CT molecular complexity index is 391. The highest BCUT2D eigenvalue weighted by molar-refractivity contribution is 5.46. The van der Waals surface area contributed by atoms with E-state index in [1.807, 2.05) is 0 Å². The van der Waals surface area contributed by atoms with Crippen LogP contribution in [0.5, 0.6) is 0 Å². The van der Waals surface area contributed by atoms with Crippen LogP contribution in [0.4, 0.5) is 11.6 Å². The Morgan fingerprint density at radius 1 is 1.18 bits per heavy atom. The summed E-state index contributed by atoms with van der Waals surface area (Å²) in [4.78, 5) is 8.82. The number of nitrogen functional groups attached to an aromatic ring is 1. The van der Waals surface area contributed by atoms with Gasteiger partial charge in [0.25, 0.3) is 0 Å². The third kappa shape index (κ3) is 3.88. The van der Waals surface area contributed by atoms with Gasteiger partial charge >= 0.3 is 0 Å². The molecule has 96 valence electrons. The van der Waals surface area contributed by atoms with Crippen LogP contribution >= 0.6 is 0 Å². The van der Waals surface area contributed by atoms with Crippen LogP contribution in [0.2, 0.25) is 0 Å². The van der Waals surface area contributed by atoms with Gasteiger partial charge in [-0.3, -0.25) is 0 Å². The molecule has 0 aliphatic carbocycles. The van der Waals surface area contributed by atoms with Gasteiger partial charge in [0, 0.05) is 17.0 Å². The highest BCUT2D eigenvalue weighted by atomic mass is 15.1. The summed E-state index contributed by atoms with van der Waals surface area (Å²) in [6, 6.07) is 1.78. The molecule has 4 nitrogen and oxygen atoms in total. The first-order chi connectivity index (χ1) is 7.64. The lowest BCUT2D eigenvalue weighted by Gasteiger charge is -2.26. The predicted molar refractivity (Wildman–Crippen MR) is 73.1 cm³/mol. The Morgan fingerprint density at radius 2 is 1.76 bits per heavy atom. The fourth-order valence-electron chi connectivity index (χ4n) is 1.30. The van der Waals surface area contributed by atoms with Crippen molar-refractivity contribution in [3.05, 3.63) is 11.9 Å². The molecule has 0 radical (unpaired) electrons. The van der Waals surface area contributed by atoms with Crippen molar-refractivity contribution < 1.29 is 0 Å². The van der Waals surface area contributed by atoms with Gasteiger partial charge in [0.1, 0.15) is 17.5 Å². The van der Waals surface area contributed by atoms with E-state index in [1.54, 1.807) is 6.07 Å². The zero-order valence-corrected chi connectivity index (χ0v) is 11.8. The van der Waals surface area contributed by atoms with E-state index in [2.05, 4.69) is 56.8 Å². The van der Waals surface area contributed by atoms with E-state index >= 15 is 0 Å². The number of hydrogen-bond donors (Lipinski definition) is 2. The first kappa shape index (κ1) is 13.7.